The first-order chi connectivity index (χ1) is 14.7. The van der Waals surface area contributed by atoms with Crippen molar-refractivity contribution in [3.8, 4) is 0 Å². The van der Waals surface area contributed by atoms with E-state index in [-0.39, 0.29) is 6.04 Å². The minimum atomic E-state index is -0.00868. The maximum atomic E-state index is 6.51. The van der Waals surface area contributed by atoms with Crippen molar-refractivity contribution in [1.29, 1.82) is 0 Å². The molecule has 2 aromatic carbocycles. The molecule has 1 aliphatic rings. The molecule has 2 heterocycles. The molecule has 0 amide bonds. The van der Waals surface area contributed by atoms with Crippen LogP contribution in [0.1, 0.15) is 16.8 Å². The first kappa shape index (κ1) is 20.0. The van der Waals surface area contributed by atoms with Crippen molar-refractivity contribution in [2.75, 3.05) is 13.2 Å². The Labute approximate surface area is 179 Å². The Hall–Kier alpha value is -3.26. The summed E-state index contributed by atoms with van der Waals surface area (Å²) in [6.07, 6.45) is 1.63. The van der Waals surface area contributed by atoms with E-state index in [0.29, 0.717) is 35.5 Å². The number of nitrogens with two attached hydrogens (primary N) is 2. The van der Waals surface area contributed by atoms with Crippen LogP contribution in [0.5, 0.6) is 0 Å². The predicted molar refractivity (Wildman–Crippen MR) is 119 cm³/mol. The van der Waals surface area contributed by atoms with Crippen LogP contribution in [0.3, 0.4) is 0 Å². The van der Waals surface area contributed by atoms with Gasteiger partial charge >= 0.3 is 0 Å². The molecule has 4 N–H and O–H groups in total. The van der Waals surface area contributed by atoms with Gasteiger partial charge in [0.15, 0.2) is 5.84 Å². The topological polar surface area (TPSA) is 102 Å². The average molecular weight is 421 g/mol. The molecule has 4 rings (SSSR count). The van der Waals surface area contributed by atoms with Crippen molar-refractivity contribution in [3.63, 3.8) is 0 Å². The Morgan fingerprint density at radius 2 is 1.63 bits per heavy atom. The van der Waals surface area contributed by atoms with Crippen molar-refractivity contribution in [1.82, 2.24) is 9.99 Å². The van der Waals surface area contributed by atoms with Gasteiger partial charge in [0.05, 0.1) is 41.9 Å². The number of nitrogens with zero attached hydrogens (tertiary/aromatic N) is 4. The number of pyridine rings is 1. The van der Waals surface area contributed by atoms with Crippen LogP contribution < -0.4 is 11.7 Å². The van der Waals surface area contributed by atoms with Crippen molar-refractivity contribution in [2.45, 2.75) is 6.04 Å². The van der Waals surface area contributed by atoms with Crippen LogP contribution in [-0.2, 0) is 4.74 Å². The number of benzene rings is 2. The number of aliphatic imine (C=N–C) groups is 1. The van der Waals surface area contributed by atoms with Gasteiger partial charge in [-0.3, -0.25) is 5.01 Å². The van der Waals surface area contributed by atoms with Crippen molar-refractivity contribution in [3.05, 3.63) is 94.8 Å². The van der Waals surface area contributed by atoms with Crippen LogP contribution in [0.15, 0.2) is 83.0 Å². The lowest BCUT2D eigenvalue weighted by molar-refractivity contribution is -0.0417. The van der Waals surface area contributed by atoms with Crippen LogP contribution >= 0.6 is 11.6 Å². The predicted octanol–water partition coefficient (Wildman–Crippen LogP) is 3.10. The standard InChI is InChI=1S/C22H21ClN6O/c23-19-11-17(12-26-21(19)22(28-24)29(25)18-13-30-14-18)27-20(15-7-3-1-4-8-15)16-9-5-2-6-10-16/h1-12,18H,13-14,24-25H2/b28-22-. The maximum Gasteiger partial charge on any atom is 0.190 e. The van der Waals surface area contributed by atoms with E-state index in [1.165, 1.54) is 5.01 Å². The third-order valence-corrected chi connectivity index (χ3v) is 5.04. The summed E-state index contributed by atoms with van der Waals surface area (Å²) < 4.78 is 5.18. The van der Waals surface area contributed by atoms with Crippen molar-refractivity contribution >= 4 is 28.8 Å². The Balaban J connectivity index is 1.71. The molecule has 0 saturated carbocycles. The van der Waals surface area contributed by atoms with Gasteiger partial charge in [0.25, 0.3) is 0 Å². The summed E-state index contributed by atoms with van der Waals surface area (Å²) in [4.78, 5) is 9.27. The normalized spacial score (nSPS) is 14.1. The SMILES string of the molecule is N/N=C(/c1ncc(N=C(c2ccccc2)c2ccccc2)cc1Cl)N(N)C1COC1. The fourth-order valence-electron chi connectivity index (χ4n) is 3.08. The monoisotopic (exact) mass is 420 g/mol. The summed E-state index contributed by atoms with van der Waals surface area (Å²) in [7, 11) is 0. The molecule has 0 unspecified atom stereocenters. The molecule has 1 aliphatic heterocycles. The lowest BCUT2D eigenvalue weighted by Crippen LogP contribution is -2.56. The first-order valence-corrected chi connectivity index (χ1v) is 9.80. The van der Waals surface area contributed by atoms with E-state index < -0.39 is 0 Å². The highest BCUT2D eigenvalue weighted by Gasteiger charge is 2.29. The highest BCUT2D eigenvalue weighted by atomic mass is 35.5. The Morgan fingerprint density at radius 1 is 1.03 bits per heavy atom. The molecule has 3 aromatic rings. The first-order valence-electron chi connectivity index (χ1n) is 9.42. The Bertz CT molecular complexity index is 1030. The molecule has 1 fully saturated rings. The molecule has 152 valence electrons. The summed E-state index contributed by atoms with van der Waals surface area (Å²) in [5, 5.41) is 5.59. The van der Waals surface area contributed by atoms with E-state index in [0.717, 1.165) is 16.8 Å². The number of ether oxygens (including phenoxy) is 1. The molecule has 1 aromatic heterocycles. The maximum absolute atomic E-state index is 6.51. The Kier molecular flexibility index (Phi) is 6.04. The van der Waals surface area contributed by atoms with Gasteiger partial charge in [-0.25, -0.2) is 15.8 Å². The molecular weight excluding hydrogens is 400 g/mol. The van der Waals surface area contributed by atoms with E-state index in [9.17, 15) is 0 Å². The highest BCUT2D eigenvalue weighted by Crippen LogP contribution is 2.25. The van der Waals surface area contributed by atoms with Gasteiger partial charge in [-0.05, 0) is 6.07 Å². The zero-order valence-corrected chi connectivity index (χ0v) is 16.9. The third kappa shape index (κ3) is 4.18. The number of aromatic nitrogens is 1. The van der Waals surface area contributed by atoms with E-state index in [1.54, 1.807) is 12.3 Å². The van der Waals surface area contributed by atoms with E-state index >= 15 is 0 Å². The largest absolute Gasteiger partial charge is 0.377 e. The van der Waals surface area contributed by atoms with Gasteiger partial charge in [-0.2, -0.15) is 5.10 Å². The summed E-state index contributed by atoms with van der Waals surface area (Å²) in [5.41, 5.74) is 3.81. The number of halogens is 1. The van der Waals surface area contributed by atoms with Crippen LogP contribution in [0.4, 0.5) is 5.69 Å². The minimum absolute atomic E-state index is 0.00868. The van der Waals surface area contributed by atoms with E-state index in [2.05, 4.69) is 10.1 Å². The van der Waals surface area contributed by atoms with Gasteiger partial charge in [-0.15, -0.1) is 0 Å². The molecule has 0 aliphatic carbocycles. The van der Waals surface area contributed by atoms with Crippen molar-refractivity contribution < 1.29 is 4.74 Å². The fourth-order valence-corrected chi connectivity index (χ4v) is 3.32. The second kappa shape index (κ2) is 9.04. The summed E-state index contributed by atoms with van der Waals surface area (Å²) in [6, 6.07) is 21.6. The van der Waals surface area contributed by atoms with Gasteiger partial charge in [-0.1, -0.05) is 72.3 Å². The van der Waals surface area contributed by atoms with Crippen LogP contribution in [0, 0.1) is 0 Å². The fraction of sp³-hybridized carbons (Fsp3) is 0.136. The molecule has 1 saturated heterocycles. The quantitative estimate of drug-likeness (QED) is 0.286. The van der Waals surface area contributed by atoms with Crippen molar-refractivity contribution in [2.24, 2.45) is 21.8 Å². The lowest BCUT2D eigenvalue weighted by Gasteiger charge is -2.35. The zero-order chi connectivity index (χ0) is 20.9. The molecule has 30 heavy (non-hydrogen) atoms. The smallest absolute Gasteiger partial charge is 0.190 e. The number of rotatable bonds is 5. The molecular formula is C22H21ClN6O. The number of hydrogen-bond donors (Lipinski definition) is 2. The second-order valence-electron chi connectivity index (χ2n) is 6.77. The summed E-state index contributed by atoms with van der Waals surface area (Å²) in [6.45, 7) is 1.01. The number of hydrazine groups is 1. The molecule has 7 nitrogen and oxygen atoms in total. The lowest BCUT2D eigenvalue weighted by atomic mass is 10.0. The number of amidine groups is 1. The van der Waals surface area contributed by atoms with E-state index in [4.69, 9.17) is 33.0 Å². The second-order valence-corrected chi connectivity index (χ2v) is 7.17. The van der Waals surface area contributed by atoms with Crippen LogP contribution in [0.2, 0.25) is 5.02 Å². The third-order valence-electron chi connectivity index (χ3n) is 4.75. The number of hydrogen-bond acceptors (Lipinski definition) is 6. The summed E-state index contributed by atoms with van der Waals surface area (Å²) >= 11 is 6.51. The average Bonchev–Trinajstić information content (AvgIpc) is 2.74. The molecule has 0 atom stereocenters. The molecule has 0 spiro atoms. The summed E-state index contributed by atoms with van der Waals surface area (Å²) in [5.74, 6) is 12.0. The minimum Gasteiger partial charge on any atom is -0.377 e. The van der Waals surface area contributed by atoms with Gasteiger partial charge in [0, 0.05) is 11.1 Å². The Morgan fingerprint density at radius 3 is 2.10 bits per heavy atom. The van der Waals surface area contributed by atoms with Gasteiger partial charge in [0.2, 0.25) is 0 Å². The van der Waals surface area contributed by atoms with Crippen LogP contribution in [-0.4, -0.2) is 40.8 Å². The molecule has 0 bridgehead atoms. The van der Waals surface area contributed by atoms with Gasteiger partial charge in [0.1, 0.15) is 5.69 Å². The number of hydrazone groups is 1. The zero-order valence-electron chi connectivity index (χ0n) is 16.1. The molecule has 8 heteroatoms. The molecule has 0 radical (unpaired) electrons. The van der Waals surface area contributed by atoms with Crippen LogP contribution in [0.25, 0.3) is 0 Å². The van der Waals surface area contributed by atoms with Gasteiger partial charge < -0.3 is 10.6 Å². The highest BCUT2D eigenvalue weighted by molar-refractivity contribution is 6.34. The van der Waals surface area contributed by atoms with E-state index in [1.807, 2.05) is 60.7 Å².